The van der Waals surface area contributed by atoms with Crippen LogP contribution in [0, 0.1) is 26.2 Å². The van der Waals surface area contributed by atoms with Gasteiger partial charge < -0.3 is 10.6 Å². The summed E-state index contributed by atoms with van der Waals surface area (Å²) in [7, 11) is 0. The van der Waals surface area contributed by atoms with Gasteiger partial charge in [0.05, 0.1) is 0 Å². The molecule has 142 valence electrons. The van der Waals surface area contributed by atoms with Crippen LogP contribution in [0.4, 0.5) is 5.69 Å². The molecule has 0 bridgehead atoms. The van der Waals surface area contributed by atoms with Gasteiger partial charge in [-0.25, -0.2) is 0 Å². The summed E-state index contributed by atoms with van der Waals surface area (Å²) in [6.07, 6.45) is 1.89. The quantitative estimate of drug-likeness (QED) is 0.727. The maximum absolute atomic E-state index is 12.8. The van der Waals surface area contributed by atoms with Crippen molar-refractivity contribution in [3.63, 3.8) is 0 Å². The molecule has 1 aliphatic rings. The minimum atomic E-state index is -0.927. The van der Waals surface area contributed by atoms with Crippen molar-refractivity contribution < 1.29 is 9.59 Å². The molecule has 0 saturated heterocycles. The first-order chi connectivity index (χ1) is 12.8. The molecule has 0 atom stereocenters. The van der Waals surface area contributed by atoms with Gasteiger partial charge in [-0.2, -0.15) is 0 Å². The molecule has 27 heavy (non-hydrogen) atoms. The van der Waals surface area contributed by atoms with Crippen LogP contribution in [0.3, 0.4) is 0 Å². The highest BCUT2D eigenvalue weighted by molar-refractivity contribution is 6.30. The zero-order valence-electron chi connectivity index (χ0n) is 16.0. The Labute approximate surface area is 165 Å². The Morgan fingerprint density at radius 3 is 2.15 bits per heavy atom. The van der Waals surface area contributed by atoms with Gasteiger partial charge >= 0.3 is 0 Å². The fourth-order valence-corrected chi connectivity index (χ4v) is 3.56. The first-order valence-corrected chi connectivity index (χ1v) is 9.62. The highest BCUT2D eigenvalue weighted by atomic mass is 35.5. The minimum absolute atomic E-state index is 0.184. The summed E-state index contributed by atoms with van der Waals surface area (Å²) >= 11 is 5.88. The molecule has 1 aliphatic carbocycles. The lowest BCUT2D eigenvalue weighted by molar-refractivity contribution is -0.134. The van der Waals surface area contributed by atoms with Crippen LogP contribution in [-0.4, -0.2) is 18.4 Å². The first-order valence-electron chi connectivity index (χ1n) is 9.24. The van der Waals surface area contributed by atoms with Gasteiger partial charge in [-0.15, -0.1) is 0 Å². The van der Waals surface area contributed by atoms with E-state index in [-0.39, 0.29) is 11.8 Å². The molecule has 2 amide bonds. The molecule has 3 rings (SSSR count). The van der Waals surface area contributed by atoms with Crippen molar-refractivity contribution in [2.75, 3.05) is 11.9 Å². The average molecular weight is 385 g/mol. The Kier molecular flexibility index (Phi) is 5.56. The SMILES string of the molecule is Cc1cc(C)c(NC(=O)C2(C(=O)NCCc3ccc(Cl)cc3)CC2)c(C)c1. The van der Waals surface area contributed by atoms with E-state index in [4.69, 9.17) is 11.6 Å². The number of benzene rings is 2. The van der Waals surface area contributed by atoms with E-state index in [2.05, 4.69) is 10.6 Å². The fourth-order valence-electron chi connectivity index (χ4n) is 3.43. The van der Waals surface area contributed by atoms with Crippen LogP contribution in [0.2, 0.25) is 5.02 Å². The van der Waals surface area contributed by atoms with Gasteiger partial charge in [0, 0.05) is 17.3 Å². The molecule has 0 aliphatic heterocycles. The van der Waals surface area contributed by atoms with Crippen molar-refractivity contribution in [1.82, 2.24) is 5.32 Å². The Balaban J connectivity index is 1.60. The number of carbonyl (C=O) groups excluding carboxylic acids is 2. The Hall–Kier alpha value is -2.33. The number of anilines is 1. The van der Waals surface area contributed by atoms with E-state index >= 15 is 0 Å². The lowest BCUT2D eigenvalue weighted by Crippen LogP contribution is -2.40. The number of carbonyl (C=O) groups is 2. The van der Waals surface area contributed by atoms with Crippen LogP contribution >= 0.6 is 11.6 Å². The van der Waals surface area contributed by atoms with Gasteiger partial charge in [-0.1, -0.05) is 41.4 Å². The second-order valence-corrected chi connectivity index (χ2v) is 7.88. The Bertz CT molecular complexity index is 847. The molecule has 5 heteroatoms. The average Bonchev–Trinajstić information content (AvgIpc) is 3.41. The van der Waals surface area contributed by atoms with Gasteiger partial charge in [-0.05, 0) is 68.9 Å². The number of hydrogen-bond donors (Lipinski definition) is 2. The summed E-state index contributed by atoms with van der Waals surface area (Å²) in [6, 6.07) is 11.6. The molecule has 0 radical (unpaired) electrons. The summed E-state index contributed by atoms with van der Waals surface area (Å²) in [5.74, 6) is -0.391. The Morgan fingerprint density at radius 1 is 1.00 bits per heavy atom. The molecule has 1 saturated carbocycles. The number of aryl methyl sites for hydroxylation is 3. The van der Waals surface area contributed by atoms with Gasteiger partial charge in [0.25, 0.3) is 0 Å². The lowest BCUT2D eigenvalue weighted by atomic mass is 10.0. The molecule has 2 N–H and O–H groups in total. The third kappa shape index (κ3) is 4.33. The van der Waals surface area contributed by atoms with E-state index in [1.165, 1.54) is 0 Å². The van der Waals surface area contributed by atoms with E-state index in [1.54, 1.807) is 0 Å². The summed E-state index contributed by atoms with van der Waals surface area (Å²) in [4.78, 5) is 25.4. The minimum Gasteiger partial charge on any atom is -0.355 e. The van der Waals surface area contributed by atoms with Crippen LogP contribution in [-0.2, 0) is 16.0 Å². The van der Waals surface area contributed by atoms with E-state index in [0.717, 1.165) is 27.9 Å². The third-order valence-corrected chi connectivity index (χ3v) is 5.40. The standard InChI is InChI=1S/C22H25ClN2O2/c1-14-12-15(2)19(16(3)13-14)25-21(27)22(9-10-22)20(26)24-11-8-17-4-6-18(23)7-5-17/h4-7,12-13H,8-11H2,1-3H3,(H,24,26)(H,25,27). The van der Waals surface area contributed by atoms with E-state index < -0.39 is 5.41 Å². The third-order valence-electron chi connectivity index (χ3n) is 5.15. The normalized spacial score (nSPS) is 14.5. The lowest BCUT2D eigenvalue weighted by Gasteiger charge is -2.18. The van der Waals surface area contributed by atoms with Crippen LogP contribution in [0.15, 0.2) is 36.4 Å². The van der Waals surface area contributed by atoms with Crippen molar-refractivity contribution in [1.29, 1.82) is 0 Å². The summed E-state index contributed by atoms with van der Waals surface area (Å²) < 4.78 is 0. The monoisotopic (exact) mass is 384 g/mol. The molecule has 4 nitrogen and oxygen atoms in total. The van der Waals surface area contributed by atoms with Gasteiger partial charge in [0.2, 0.25) is 11.8 Å². The number of nitrogens with one attached hydrogen (secondary N) is 2. The van der Waals surface area contributed by atoms with Crippen molar-refractivity contribution >= 4 is 29.1 Å². The zero-order valence-corrected chi connectivity index (χ0v) is 16.7. The summed E-state index contributed by atoms with van der Waals surface area (Å²) in [5, 5.41) is 6.60. The second kappa shape index (κ2) is 7.73. The van der Waals surface area contributed by atoms with Crippen LogP contribution in [0.1, 0.15) is 35.1 Å². The summed E-state index contributed by atoms with van der Waals surface area (Å²) in [5.41, 5.74) is 4.17. The van der Waals surface area contributed by atoms with Crippen LogP contribution < -0.4 is 10.6 Å². The molecule has 0 aromatic heterocycles. The predicted octanol–water partition coefficient (Wildman–Crippen LogP) is 4.34. The molecule has 0 spiro atoms. The highest BCUT2D eigenvalue weighted by Crippen LogP contribution is 2.47. The van der Waals surface area contributed by atoms with E-state index in [9.17, 15) is 9.59 Å². The largest absolute Gasteiger partial charge is 0.355 e. The Morgan fingerprint density at radius 2 is 1.59 bits per heavy atom. The van der Waals surface area contributed by atoms with Crippen molar-refractivity contribution in [3.8, 4) is 0 Å². The van der Waals surface area contributed by atoms with Crippen molar-refractivity contribution in [2.45, 2.75) is 40.0 Å². The molecular formula is C22H25ClN2O2. The van der Waals surface area contributed by atoms with Crippen molar-refractivity contribution in [2.24, 2.45) is 5.41 Å². The summed E-state index contributed by atoms with van der Waals surface area (Å²) in [6.45, 7) is 6.48. The van der Waals surface area contributed by atoms with Gasteiger partial charge in [0.1, 0.15) is 5.41 Å². The van der Waals surface area contributed by atoms with E-state index in [0.29, 0.717) is 30.8 Å². The van der Waals surface area contributed by atoms with Crippen LogP contribution in [0.25, 0.3) is 0 Å². The number of halogens is 1. The smallest absolute Gasteiger partial charge is 0.240 e. The molecular weight excluding hydrogens is 360 g/mol. The molecule has 1 fully saturated rings. The number of amides is 2. The van der Waals surface area contributed by atoms with Gasteiger partial charge in [-0.3, -0.25) is 9.59 Å². The predicted molar refractivity (Wildman–Crippen MR) is 109 cm³/mol. The highest BCUT2D eigenvalue weighted by Gasteiger charge is 2.56. The maximum atomic E-state index is 12.8. The van der Waals surface area contributed by atoms with Crippen molar-refractivity contribution in [3.05, 3.63) is 63.7 Å². The number of hydrogen-bond acceptors (Lipinski definition) is 2. The number of rotatable bonds is 6. The zero-order chi connectivity index (χ0) is 19.6. The first kappa shape index (κ1) is 19.4. The fraction of sp³-hybridized carbons (Fsp3) is 0.364. The molecule has 2 aromatic carbocycles. The second-order valence-electron chi connectivity index (χ2n) is 7.44. The topological polar surface area (TPSA) is 58.2 Å². The molecule has 2 aromatic rings. The van der Waals surface area contributed by atoms with Gasteiger partial charge in [0.15, 0.2) is 0 Å². The molecule has 0 heterocycles. The maximum Gasteiger partial charge on any atom is 0.240 e. The van der Waals surface area contributed by atoms with Crippen LogP contribution in [0.5, 0.6) is 0 Å². The van der Waals surface area contributed by atoms with E-state index in [1.807, 2.05) is 57.2 Å². The molecule has 0 unspecified atom stereocenters.